The number of nitrogens with zero attached hydrogens (tertiary/aromatic N) is 1. The van der Waals surface area contributed by atoms with E-state index >= 15 is 0 Å². The van der Waals surface area contributed by atoms with Crippen molar-refractivity contribution in [2.75, 3.05) is 26.8 Å². The summed E-state index contributed by atoms with van der Waals surface area (Å²) in [6, 6.07) is 0.511. The van der Waals surface area contributed by atoms with E-state index in [1.165, 1.54) is 0 Å². The smallest absolute Gasteiger partial charge is 0.327 e. The van der Waals surface area contributed by atoms with E-state index < -0.39 is 0 Å². The van der Waals surface area contributed by atoms with Crippen LogP contribution >= 0.6 is 0 Å². The Hall–Kier alpha value is -0.690. The van der Waals surface area contributed by atoms with Gasteiger partial charge in [-0.3, -0.25) is 4.79 Å². The van der Waals surface area contributed by atoms with Gasteiger partial charge in [-0.05, 0) is 19.9 Å². The van der Waals surface area contributed by atoms with Gasteiger partial charge in [-0.25, -0.2) is 5.84 Å². The fraction of sp³-hybridized carbons (Fsp3) is 0.889. The summed E-state index contributed by atoms with van der Waals surface area (Å²) >= 11 is 0. The molecule has 1 fully saturated rings. The van der Waals surface area contributed by atoms with E-state index in [2.05, 4.69) is 9.74 Å². The third-order valence-corrected chi connectivity index (χ3v) is 2.66. The van der Waals surface area contributed by atoms with Crippen LogP contribution in [0, 0.1) is 0 Å². The Kier molecular flexibility index (Phi) is 5.56. The molecule has 0 bridgehead atoms. The molecule has 1 heterocycles. The number of nitrogens with two attached hydrogens (primary N) is 1. The Morgan fingerprint density at radius 3 is 2.87 bits per heavy atom. The van der Waals surface area contributed by atoms with Gasteiger partial charge in [-0.15, -0.1) is 0 Å². The molecule has 1 rings (SSSR count). The van der Waals surface area contributed by atoms with Crippen molar-refractivity contribution in [3.8, 4) is 0 Å². The molecule has 0 spiro atoms. The maximum absolute atomic E-state index is 11.0. The molecule has 0 amide bonds. The van der Waals surface area contributed by atoms with E-state index in [0.717, 1.165) is 26.1 Å². The summed E-state index contributed by atoms with van der Waals surface area (Å²) in [6.45, 7) is 2.30. The van der Waals surface area contributed by atoms with Crippen molar-refractivity contribution in [2.45, 2.75) is 25.3 Å². The van der Waals surface area contributed by atoms with E-state index in [1.807, 2.05) is 12.6 Å². The summed E-state index contributed by atoms with van der Waals surface area (Å²) in [5.41, 5.74) is 1.88. The molecular weight excluding hydrogens is 198 g/mol. The molecule has 0 radical (unpaired) electrons. The largest absolute Gasteiger partial charge is 0.381 e. The minimum atomic E-state index is -0.337. The SMILES string of the molecule is CN(CCC(=O)ONN)C1CCOCC1. The quantitative estimate of drug-likeness (QED) is 0.473. The fourth-order valence-electron chi connectivity index (χ4n) is 1.69. The van der Waals surface area contributed by atoms with Crippen molar-refractivity contribution in [3.05, 3.63) is 0 Å². The minimum absolute atomic E-state index is 0.337. The second-order valence-corrected chi connectivity index (χ2v) is 3.67. The highest BCUT2D eigenvalue weighted by Gasteiger charge is 2.18. The molecule has 0 atom stereocenters. The molecule has 1 aliphatic rings. The topological polar surface area (TPSA) is 76.8 Å². The first-order valence-corrected chi connectivity index (χ1v) is 5.17. The highest BCUT2D eigenvalue weighted by Crippen LogP contribution is 2.12. The monoisotopic (exact) mass is 217 g/mol. The lowest BCUT2D eigenvalue weighted by Crippen LogP contribution is -2.38. The molecule has 3 N–H and O–H groups in total. The van der Waals surface area contributed by atoms with Crippen molar-refractivity contribution in [2.24, 2.45) is 5.84 Å². The van der Waals surface area contributed by atoms with Gasteiger partial charge in [0.15, 0.2) is 0 Å². The summed E-state index contributed by atoms with van der Waals surface area (Å²) < 4.78 is 5.27. The summed E-state index contributed by atoms with van der Waals surface area (Å²) in [5, 5.41) is 0. The van der Waals surface area contributed by atoms with Gasteiger partial charge in [0.2, 0.25) is 0 Å². The Balaban J connectivity index is 2.16. The van der Waals surface area contributed by atoms with Gasteiger partial charge in [-0.2, -0.15) is 0 Å². The fourth-order valence-corrected chi connectivity index (χ4v) is 1.69. The zero-order chi connectivity index (χ0) is 11.1. The van der Waals surface area contributed by atoms with Crippen LogP contribution in [0.15, 0.2) is 0 Å². The van der Waals surface area contributed by atoms with Gasteiger partial charge in [0.25, 0.3) is 0 Å². The third kappa shape index (κ3) is 4.57. The Bertz CT molecular complexity index is 195. The lowest BCUT2D eigenvalue weighted by Gasteiger charge is -2.30. The molecule has 6 heteroatoms. The number of ether oxygens (including phenoxy) is 1. The van der Waals surface area contributed by atoms with Gasteiger partial charge < -0.3 is 14.5 Å². The molecule has 0 aromatic heterocycles. The predicted molar refractivity (Wildman–Crippen MR) is 54.5 cm³/mol. The van der Waals surface area contributed by atoms with Gasteiger partial charge in [-0.1, -0.05) is 5.59 Å². The summed E-state index contributed by atoms with van der Waals surface area (Å²) in [5.74, 6) is 4.52. The summed E-state index contributed by atoms with van der Waals surface area (Å²) in [4.78, 5) is 17.6. The van der Waals surface area contributed by atoms with Crippen LogP contribution < -0.4 is 11.4 Å². The number of carbonyl (C=O) groups is 1. The maximum atomic E-state index is 11.0. The molecule has 0 unspecified atom stereocenters. The van der Waals surface area contributed by atoms with E-state index in [9.17, 15) is 4.79 Å². The average Bonchev–Trinajstić information content (AvgIpc) is 2.27. The molecule has 0 aromatic carbocycles. The third-order valence-electron chi connectivity index (χ3n) is 2.66. The molecule has 6 nitrogen and oxygen atoms in total. The lowest BCUT2D eigenvalue weighted by molar-refractivity contribution is -0.151. The molecule has 88 valence electrons. The Morgan fingerprint density at radius 2 is 2.27 bits per heavy atom. The first kappa shape index (κ1) is 12.4. The van der Waals surface area contributed by atoms with Crippen molar-refractivity contribution < 1.29 is 14.4 Å². The van der Waals surface area contributed by atoms with Crippen LogP contribution in [-0.2, 0) is 14.4 Å². The van der Waals surface area contributed by atoms with Crippen molar-refractivity contribution in [1.82, 2.24) is 10.5 Å². The van der Waals surface area contributed by atoms with Crippen molar-refractivity contribution in [1.29, 1.82) is 0 Å². The molecule has 1 saturated heterocycles. The number of carbonyl (C=O) groups excluding carboxylic acids is 1. The second kappa shape index (κ2) is 6.73. The summed E-state index contributed by atoms with van der Waals surface area (Å²) in [6.07, 6.45) is 2.40. The van der Waals surface area contributed by atoms with E-state index in [0.29, 0.717) is 19.0 Å². The zero-order valence-corrected chi connectivity index (χ0v) is 9.07. The molecule has 1 aliphatic heterocycles. The number of hydrogen-bond acceptors (Lipinski definition) is 6. The average molecular weight is 217 g/mol. The summed E-state index contributed by atoms with van der Waals surface area (Å²) in [7, 11) is 2.01. The van der Waals surface area contributed by atoms with Crippen molar-refractivity contribution in [3.63, 3.8) is 0 Å². The Morgan fingerprint density at radius 1 is 1.60 bits per heavy atom. The van der Waals surface area contributed by atoms with Crippen LogP contribution in [0.25, 0.3) is 0 Å². The lowest BCUT2D eigenvalue weighted by atomic mass is 10.1. The van der Waals surface area contributed by atoms with Crippen LogP contribution in [-0.4, -0.2) is 43.7 Å². The normalized spacial score (nSPS) is 18.1. The predicted octanol–water partition coefficient (Wildman–Crippen LogP) is -0.591. The maximum Gasteiger partial charge on any atom is 0.327 e. The van der Waals surface area contributed by atoms with Gasteiger partial charge in [0.1, 0.15) is 0 Å². The first-order chi connectivity index (χ1) is 7.24. The minimum Gasteiger partial charge on any atom is -0.381 e. The van der Waals surface area contributed by atoms with Crippen LogP contribution in [0.3, 0.4) is 0 Å². The van der Waals surface area contributed by atoms with Crippen LogP contribution in [0.5, 0.6) is 0 Å². The standard InChI is InChI=1S/C9H19N3O3/c1-12(5-2-9(13)15-11-10)8-3-6-14-7-4-8/h8,11H,2-7,10H2,1H3. The van der Waals surface area contributed by atoms with E-state index in [1.54, 1.807) is 0 Å². The Labute approximate surface area is 89.6 Å². The van der Waals surface area contributed by atoms with Crippen molar-refractivity contribution >= 4 is 5.97 Å². The second-order valence-electron chi connectivity index (χ2n) is 3.67. The number of hydrogen-bond donors (Lipinski definition) is 2. The molecule has 15 heavy (non-hydrogen) atoms. The van der Waals surface area contributed by atoms with Crippen LogP contribution in [0.4, 0.5) is 0 Å². The number of rotatable bonds is 5. The molecule has 0 aliphatic carbocycles. The molecule has 0 aromatic rings. The van der Waals surface area contributed by atoms with Crippen LogP contribution in [0.1, 0.15) is 19.3 Å². The zero-order valence-electron chi connectivity index (χ0n) is 9.07. The molecular formula is C9H19N3O3. The van der Waals surface area contributed by atoms with Gasteiger partial charge in [0, 0.05) is 25.8 Å². The first-order valence-electron chi connectivity index (χ1n) is 5.17. The highest BCUT2D eigenvalue weighted by atomic mass is 16.7. The molecule has 0 saturated carbocycles. The van der Waals surface area contributed by atoms with E-state index in [4.69, 9.17) is 10.6 Å². The number of nitrogens with one attached hydrogen (secondary N) is 1. The van der Waals surface area contributed by atoms with Gasteiger partial charge in [0.05, 0.1) is 6.42 Å². The number of hydrazine groups is 1. The highest BCUT2D eigenvalue weighted by molar-refractivity contribution is 5.69. The van der Waals surface area contributed by atoms with Crippen LogP contribution in [0.2, 0.25) is 0 Å². The van der Waals surface area contributed by atoms with Gasteiger partial charge >= 0.3 is 5.97 Å². The van der Waals surface area contributed by atoms with E-state index in [-0.39, 0.29) is 5.97 Å².